The van der Waals surface area contributed by atoms with Crippen LogP contribution >= 0.6 is 0 Å². The molecule has 0 atom stereocenters. The Labute approximate surface area is 152 Å². The normalized spacial score (nSPS) is 15.5. The average Bonchev–Trinajstić information content (AvgIpc) is 2.59. The van der Waals surface area contributed by atoms with Gasteiger partial charge in [-0.15, -0.1) is 0 Å². The molecule has 9 nitrogen and oxygen atoms in total. The number of carbonyl (C=O) groups is 2. The largest absolute Gasteiger partial charge is 0.480 e. The molecule has 0 saturated carbocycles. The molecule has 1 N–H and O–H groups in total. The van der Waals surface area contributed by atoms with Gasteiger partial charge >= 0.3 is 12.1 Å². The lowest BCUT2D eigenvalue weighted by molar-refractivity contribution is 0.0205. The smallest absolute Gasteiger partial charge is 0.410 e. The molecule has 0 unspecified atom stereocenters. The molecule has 1 aliphatic rings. The number of rotatable bonds is 4. The Morgan fingerprint density at radius 2 is 1.92 bits per heavy atom. The topological polar surface area (TPSA) is 105 Å². The molecule has 0 spiro atoms. The Kier molecular flexibility index (Phi) is 5.89. The quantitative estimate of drug-likeness (QED) is 0.863. The summed E-state index contributed by atoms with van der Waals surface area (Å²) in [6.07, 6.45) is 2.42. The van der Waals surface area contributed by atoms with Crippen LogP contribution in [-0.2, 0) is 4.74 Å². The summed E-state index contributed by atoms with van der Waals surface area (Å²) >= 11 is 0. The molecule has 1 amide bonds. The van der Waals surface area contributed by atoms with Gasteiger partial charge in [-0.3, -0.25) is 0 Å². The Morgan fingerprint density at radius 1 is 1.31 bits per heavy atom. The zero-order chi connectivity index (χ0) is 19.5. The molecule has 1 aliphatic heterocycles. The molecule has 0 bridgehead atoms. The number of hydrogen-bond donors (Lipinski definition) is 1. The third-order valence-corrected chi connectivity index (χ3v) is 4.14. The van der Waals surface area contributed by atoms with Crippen LogP contribution in [0, 0.1) is 0 Å². The first-order valence-electron chi connectivity index (χ1n) is 8.47. The van der Waals surface area contributed by atoms with Gasteiger partial charge in [0.1, 0.15) is 11.2 Å². The van der Waals surface area contributed by atoms with Crippen molar-refractivity contribution in [2.75, 3.05) is 32.1 Å². The average molecular weight is 366 g/mol. The molecule has 26 heavy (non-hydrogen) atoms. The van der Waals surface area contributed by atoms with Crippen LogP contribution in [-0.4, -0.2) is 70.9 Å². The summed E-state index contributed by atoms with van der Waals surface area (Å²) in [5, 5.41) is 9.11. The van der Waals surface area contributed by atoms with Gasteiger partial charge in [-0.2, -0.15) is 4.98 Å². The molecule has 0 aliphatic carbocycles. The summed E-state index contributed by atoms with van der Waals surface area (Å²) < 4.78 is 10.5. The lowest BCUT2D eigenvalue weighted by atomic mass is 10.0. The first-order valence-corrected chi connectivity index (χ1v) is 8.47. The number of hydrogen-bond acceptors (Lipinski definition) is 7. The van der Waals surface area contributed by atoms with Crippen LogP contribution in [0.15, 0.2) is 6.20 Å². The molecular weight excluding hydrogens is 340 g/mol. The molecule has 1 saturated heterocycles. The lowest BCUT2D eigenvalue weighted by Gasteiger charge is -2.37. The highest BCUT2D eigenvalue weighted by atomic mass is 16.6. The highest BCUT2D eigenvalue weighted by Gasteiger charge is 2.29. The van der Waals surface area contributed by atoms with Gasteiger partial charge in [0.2, 0.25) is 11.8 Å². The Balaban J connectivity index is 2.01. The third-order valence-electron chi connectivity index (χ3n) is 4.14. The fourth-order valence-electron chi connectivity index (χ4n) is 2.76. The number of carboxylic acids is 1. The van der Waals surface area contributed by atoms with Crippen molar-refractivity contribution in [1.82, 2.24) is 14.9 Å². The number of likely N-dealkylation sites (tertiary alicyclic amines) is 1. The number of aromatic nitrogens is 2. The van der Waals surface area contributed by atoms with E-state index >= 15 is 0 Å². The van der Waals surface area contributed by atoms with Gasteiger partial charge in [0.05, 0.1) is 13.3 Å². The van der Waals surface area contributed by atoms with Crippen molar-refractivity contribution in [2.24, 2.45) is 0 Å². The molecule has 0 aromatic carbocycles. The van der Waals surface area contributed by atoms with Crippen LogP contribution in [0.3, 0.4) is 0 Å². The number of anilines is 1. The minimum atomic E-state index is -1.14. The Bertz CT molecular complexity index is 666. The van der Waals surface area contributed by atoms with Crippen molar-refractivity contribution < 1.29 is 24.2 Å². The Morgan fingerprint density at radius 3 is 2.42 bits per heavy atom. The number of methoxy groups -OCH3 is 1. The van der Waals surface area contributed by atoms with E-state index in [4.69, 9.17) is 14.6 Å². The van der Waals surface area contributed by atoms with Crippen LogP contribution in [0.5, 0.6) is 5.88 Å². The summed E-state index contributed by atoms with van der Waals surface area (Å²) in [4.78, 5) is 35.2. The number of nitrogens with zero attached hydrogens (tertiary/aromatic N) is 4. The van der Waals surface area contributed by atoms with E-state index < -0.39 is 11.6 Å². The molecule has 2 rings (SSSR count). The lowest BCUT2D eigenvalue weighted by Crippen LogP contribution is -2.47. The van der Waals surface area contributed by atoms with Crippen LogP contribution < -0.4 is 9.64 Å². The highest BCUT2D eigenvalue weighted by molar-refractivity contribution is 5.89. The summed E-state index contributed by atoms with van der Waals surface area (Å²) in [5.41, 5.74) is -0.592. The minimum Gasteiger partial charge on any atom is -0.480 e. The fourth-order valence-corrected chi connectivity index (χ4v) is 2.76. The second-order valence-corrected chi connectivity index (χ2v) is 7.21. The summed E-state index contributed by atoms with van der Waals surface area (Å²) in [6, 6.07) is 0.133. The predicted octanol–water partition coefficient (Wildman–Crippen LogP) is 2.02. The van der Waals surface area contributed by atoms with Gasteiger partial charge in [0.25, 0.3) is 0 Å². The number of amides is 1. The molecule has 1 fully saturated rings. The van der Waals surface area contributed by atoms with Gasteiger partial charge in [-0.1, -0.05) is 0 Å². The molecule has 1 aromatic rings. The monoisotopic (exact) mass is 366 g/mol. The van der Waals surface area contributed by atoms with E-state index in [2.05, 4.69) is 9.97 Å². The molecule has 1 aromatic heterocycles. The van der Waals surface area contributed by atoms with Crippen molar-refractivity contribution in [1.29, 1.82) is 0 Å². The van der Waals surface area contributed by atoms with E-state index in [1.54, 1.807) is 4.90 Å². The van der Waals surface area contributed by atoms with E-state index in [0.29, 0.717) is 19.0 Å². The zero-order valence-corrected chi connectivity index (χ0v) is 15.9. The number of piperidine rings is 1. The van der Waals surface area contributed by atoms with Crippen molar-refractivity contribution in [3.8, 4) is 5.88 Å². The van der Waals surface area contributed by atoms with E-state index in [-0.39, 0.29) is 23.6 Å². The highest BCUT2D eigenvalue weighted by Crippen LogP contribution is 2.23. The SMILES string of the molecule is COc1nc(N(C)C2CCN(C(=O)OC(C)(C)C)CC2)ncc1C(=O)O. The van der Waals surface area contributed by atoms with E-state index in [1.807, 2.05) is 32.7 Å². The predicted molar refractivity (Wildman–Crippen MR) is 94.8 cm³/mol. The van der Waals surface area contributed by atoms with Gasteiger partial charge in [-0.25, -0.2) is 14.6 Å². The van der Waals surface area contributed by atoms with Crippen LogP contribution in [0.2, 0.25) is 0 Å². The third kappa shape index (κ3) is 4.74. The molecular formula is C17H26N4O5. The molecule has 144 valence electrons. The van der Waals surface area contributed by atoms with Crippen molar-refractivity contribution in [3.05, 3.63) is 11.8 Å². The summed E-state index contributed by atoms with van der Waals surface area (Å²) in [5.74, 6) is -0.718. The molecule has 0 radical (unpaired) electrons. The maximum absolute atomic E-state index is 12.1. The van der Waals surface area contributed by atoms with Gasteiger partial charge < -0.3 is 24.4 Å². The maximum Gasteiger partial charge on any atom is 0.410 e. The maximum atomic E-state index is 12.1. The molecule has 9 heteroatoms. The van der Waals surface area contributed by atoms with Crippen LogP contribution in [0.4, 0.5) is 10.7 Å². The second kappa shape index (κ2) is 7.76. The van der Waals surface area contributed by atoms with Crippen molar-refractivity contribution in [2.45, 2.75) is 45.3 Å². The van der Waals surface area contributed by atoms with Gasteiger partial charge in [-0.05, 0) is 33.6 Å². The number of ether oxygens (including phenoxy) is 2. The number of carboxylic acid groups (broad SMARTS) is 1. The number of carbonyl (C=O) groups excluding carboxylic acids is 1. The van der Waals surface area contributed by atoms with E-state index in [1.165, 1.54) is 13.3 Å². The van der Waals surface area contributed by atoms with Crippen LogP contribution in [0.25, 0.3) is 0 Å². The Hall–Kier alpha value is -2.58. The van der Waals surface area contributed by atoms with E-state index in [0.717, 1.165) is 12.8 Å². The van der Waals surface area contributed by atoms with Gasteiger partial charge in [0, 0.05) is 26.2 Å². The molecule has 2 heterocycles. The van der Waals surface area contributed by atoms with E-state index in [9.17, 15) is 9.59 Å². The first kappa shape index (κ1) is 19.7. The summed E-state index contributed by atoms with van der Waals surface area (Å²) in [7, 11) is 3.22. The van der Waals surface area contributed by atoms with Crippen molar-refractivity contribution >= 4 is 18.0 Å². The minimum absolute atomic E-state index is 0.0283. The second-order valence-electron chi connectivity index (χ2n) is 7.21. The number of aromatic carboxylic acids is 1. The van der Waals surface area contributed by atoms with Gasteiger partial charge in [0.15, 0.2) is 0 Å². The van der Waals surface area contributed by atoms with Crippen LogP contribution in [0.1, 0.15) is 44.0 Å². The fraction of sp³-hybridized carbons (Fsp3) is 0.647. The summed E-state index contributed by atoms with van der Waals surface area (Å²) in [6.45, 7) is 6.69. The zero-order valence-electron chi connectivity index (χ0n) is 15.9. The standard InChI is InChI=1S/C17H26N4O5/c1-17(2,3)26-16(24)21-8-6-11(7-9-21)20(4)15-18-10-12(14(22)23)13(19-15)25-5/h10-11H,6-9H2,1-5H3,(H,22,23). The first-order chi connectivity index (χ1) is 12.1. The van der Waals surface area contributed by atoms with Crippen molar-refractivity contribution in [3.63, 3.8) is 0 Å².